The van der Waals surface area contributed by atoms with Crippen LogP contribution in [0.2, 0.25) is 5.02 Å². The molecule has 1 amide bonds. The molecule has 1 aromatic carbocycles. The summed E-state index contributed by atoms with van der Waals surface area (Å²) >= 11 is 6.05. The molecule has 0 atom stereocenters. The van der Waals surface area contributed by atoms with Crippen LogP contribution in [0, 0.1) is 6.92 Å². The highest BCUT2D eigenvalue weighted by atomic mass is 35.5. The Balaban J connectivity index is 1.80. The highest BCUT2D eigenvalue weighted by Crippen LogP contribution is 2.16. The van der Waals surface area contributed by atoms with Crippen LogP contribution >= 0.6 is 11.6 Å². The first-order chi connectivity index (χ1) is 13.9. The van der Waals surface area contributed by atoms with Crippen molar-refractivity contribution in [2.45, 2.75) is 20.0 Å². The van der Waals surface area contributed by atoms with Gasteiger partial charge in [-0.2, -0.15) is 5.10 Å². The van der Waals surface area contributed by atoms with E-state index in [9.17, 15) is 14.4 Å². The number of hydrogen-bond acceptors (Lipinski definition) is 5. The minimum atomic E-state index is -0.630. The van der Waals surface area contributed by atoms with Crippen molar-refractivity contribution in [3.63, 3.8) is 0 Å². The van der Waals surface area contributed by atoms with Gasteiger partial charge in [-0.25, -0.2) is 4.79 Å². The van der Waals surface area contributed by atoms with Crippen molar-refractivity contribution in [3.8, 4) is 0 Å². The molecule has 3 heterocycles. The van der Waals surface area contributed by atoms with Gasteiger partial charge in [0.2, 0.25) is 5.91 Å². The van der Waals surface area contributed by atoms with Crippen LogP contribution in [0.1, 0.15) is 11.5 Å². The molecule has 0 aliphatic carbocycles. The summed E-state index contributed by atoms with van der Waals surface area (Å²) < 4.78 is 7.50. The quantitative estimate of drug-likeness (QED) is 0.520. The molecule has 3 aromatic heterocycles. The Morgan fingerprint density at radius 1 is 1.24 bits per heavy atom. The standard InChI is InChI=1S/C19H16ClN5O4/c1-11-7-16(23-22-11)21-17(26)10-24-15-5-4-12(20)8-14(15)18(27)25(19(24)28)9-13-3-2-6-29-13/h2-8H,9-10H2,1H3,(H2,21,22,23,26). The van der Waals surface area contributed by atoms with Gasteiger partial charge in [0, 0.05) is 16.8 Å². The summed E-state index contributed by atoms with van der Waals surface area (Å²) in [5.41, 5.74) is -0.0453. The van der Waals surface area contributed by atoms with Gasteiger partial charge >= 0.3 is 5.69 Å². The third-order valence-electron chi connectivity index (χ3n) is 4.36. The predicted molar refractivity (Wildman–Crippen MR) is 107 cm³/mol. The summed E-state index contributed by atoms with van der Waals surface area (Å²) in [4.78, 5) is 38.5. The highest BCUT2D eigenvalue weighted by molar-refractivity contribution is 6.31. The van der Waals surface area contributed by atoms with Crippen LogP contribution in [0.3, 0.4) is 0 Å². The van der Waals surface area contributed by atoms with Crippen LogP contribution in [0.5, 0.6) is 0 Å². The Morgan fingerprint density at radius 2 is 2.07 bits per heavy atom. The van der Waals surface area contributed by atoms with E-state index in [2.05, 4.69) is 15.5 Å². The minimum Gasteiger partial charge on any atom is -0.467 e. The third kappa shape index (κ3) is 3.72. The second-order valence-corrected chi connectivity index (χ2v) is 6.92. The molecule has 4 aromatic rings. The fraction of sp³-hybridized carbons (Fsp3) is 0.158. The lowest BCUT2D eigenvalue weighted by Crippen LogP contribution is -2.42. The minimum absolute atomic E-state index is 0.0622. The van der Waals surface area contributed by atoms with Crippen molar-refractivity contribution >= 4 is 34.2 Å². The van der Waals surface area contributed by atoms with Gasteiger partial charge in [-0.3, -0.25) is 23.8 Å². The molecule has 0 spiro atoms. The third-order valence-corrected chi connectivity index (χ3v) is 4.59. The van der Waals surface area contributed by atoms with E-state index in [-0.39, 0.29) is 18.5 Å². The van der Waals surface area contributed by atoms with Gasteiger partial charge in [0.05, 0.1) is 23.7 Å². The molecule has 0 aliphatic rings. The number of anilines is 1. The number of halogens is 1. The normalized spacial score (nSPS) is 11.1. The summed E-state index contributed by atoms with van der Waals surface area (Å²) in [6, 6.07) is 9.56. The van der Waals surface area contributed by atoms with Gasteiger partial charge in [-0.15, -0.1) is 0 Å². The number of carbonyl (C=O) groups is 1. The zero-order chi connectivity index (χ0) is 20.5. The Labute approximate surface area is 168 Å². The second kappa shape index (κ2) is 7.44. The average Bonchev–Trinajstić information content (AvgIpc) is 3.34. The number of rotatable bonds is 5. The van der Waals surface area contributed by atoms with Crippen LogP contribution in [0.25, 0.3) is 10.9 Å². The Bertz CT molecular complexity index is 1320. The molecule has 0 saturated heterocycles. The van der Waals surface area contributed by atoms with E-state index in [0.717, 1.165) is 10.3 Å². The van der Waals surface area contributed by atoms with Crippen molar-refractivity contribution in [1.29, 1.82) is 0 Å². The number of amides is 1. The van der Waals surface area contributed by atoms with Gasteiger partial charge in [0.1, 0.15) is 12.3 Å². The molecule has 148 valence electrons. The van der Waals surface area contributed by atoms with E-state index < -0.39 is 17.2 Å². The number of carbonyl (C=O) groups excluding carboxylic acids is 1. The number of H-pyrrole nitrogens is 1. The zero-order valence-electron chi connectivity index (χ0n) is 15.3. The lowest BCUT2D eigenvalue weighted by atomic mass is 10.2. The van der Waals surface area contributed by atoms with Crippen molar-refractivity contribution < 1.29 is 9.21 Å². The van der Waals surface area contributed by atoms with E-state index >= 15 is 0 Å². The van der Waals surface area contributed by atoms with Crippen molar-refractivity contribution in [2.75, 3.05) is 5.32 Å². The van der Waals surface area contributed by atoms with Gasteiger partial charge in [-0.1, -0.05) is 11.6 Å². The number of nitrogens with one attached hydrogen (secondary N) is 2. The monoisotopic (exact) mass is 413 g/mol. The first-order valence-corrected chi connectivity index (χ1v) is 9.07. The topological polar surface area (TPSA) is 115 Å². The first-order valence-electron chi connectivity index (χ1n) is 8.69. The van der Waals surface area contributed by atoms with E-state index in [0.29, 0.717) is 22.1 Å². The summed E-state index contributed by atoms with van der Waals surface area (Å²) in [7, 11) is 0. The molecule has 0 radical (unpaired) electrons. The fourth-order valence-corrected chi connectivity index (χ4v) is 3.23. The smallest absolute Gasteiger partial charge is 0.332 e. The number of benzene rings is 1. The molecular weight excluding hydrogens is 398 g/mol. The second-order valence-electron chi connectivity index (χ2n) is 6.49. The molecular formula is C19H16ClN5O4. The number of nitrogens with zero attached hydrogens (tertiary/aromatic N) is 3. The molecule has 0 bridgehead atoms. The van der Waals surface area contributed by atoms with Crippen LogP contribution in [0.4, 0.5) is 5.82 Å². The Hall–Kier alpha value is -3.59. The molecule has 0 aliphatic heterocycles. The lowest BCUT2D eigenvalue weighted by Gasteiger charge is -2.13. The number of aryl methyl sites for hydroxylation is 1. The van der Waals surface area contributed by atoms with Crippen molar-refractivity contribution in [1.82, 2.24) is 19.3 Å². The molecule has 2 N–H and O–H groups in total. The van der Waals surface area contributed by atoms with Crippen LogP contribution in [-0.4, -0.2) is 25.2 Å². The highest BCUT2D eigenvalue weighted by Gasteiger charge is 2.17. The van der Waals surface area contributed by atoms with E-state index in [1.807, 2.05) is 0 Å². The average molecular weight is 414 g/mol. The van der Waals surface area contributed by atoms with E-state index in [1.54, 1.807) is 37.3 Å². The summed E-state index contributed by atoms with van der Waals surface area (Å²) in [6.07, 6.45) is 1.45. The Kier molecular flexibility index (Phi) is 4.81. The SMILES string of the molecule is Cc1cc(NC(=O)Cn2c(=O)n(Cc3ccco3)c(=O)c3cc(Cl)ccc32)n[nH]1. The molecule has 29 heavy (non-hydrogen) atoms. The van der Waals surface area contributed by atoms with Crippen LogP contribution < -0.4 is 16.6 Å². The fourth-order valence-electron chi connectivity index (χ4n) is 3.05. The zero-order valence-corrected chi connectivity index (χ0v) is 16.1. The molecule has 0 unspecified atom stereocenters. The largest absolute Gasteiger partial charge is 0.467 e. The van der Waals surface area contributed by atoms with Crippen molar-refractivity contribution in [2.24, 2.45) is 0 Å². The maximum Gasteiger partial charge on any atom is 0.332 e. The first kappa shape index (κ1) is 18.8. The molecule has 0 saturated carbocycles. The van der Waals surface area contributed by atoms with Gasteiger partial charge in [0.25, 0.3) is 5.56 Å². The number of aromatic nitrogens is 4. The lowest BCUT2D eigenvalue weighted by molar-refractivity contribution is -0.116. The number of fused-ring (bicyclic) bond motifs is 1. The van der Waals surface area contributed by atoms with Gasteiger partial charge < -0.3 is 9.73 Å². The van der Waals surface area contributed by atoms with Crippen molar-refractivity contribution in [3.05, 3.63) is 80.0 Å². The predicted octanol–water partition coefficient (Wildman–Crippen LogP) is 2.13. The summed E-state index contributed by atoms with van der Waals surface area (Å²) in [6.45, 7) is 1.43. The van der Waals surface area contributed by atoms with E-state index in [4.69, 9.17) is 16.0 Å². The summed E-state index contributed by atoms with van der Waals surface area (Å²) in [5.74, 6) is 0.323. The molecule has 4 rings (SSSR count). The molecule has 0 fully saturated rings. The van der Waals surface area contributed by atoms with Crippen LogP contribution in [-0.2, 0) is 17.9 Å². The number of aromatic amines is 1. The van der Waals surface area contributed by atoms with Gasteiger partial charge in [-0.05, 0) is 37.3 Å². The maximum atomic E-state index is 13.1. The summed E-state index contributed by atoms with van der Waals surface area (Å²) in [5, 5.41) is 9.87. The Morgan fingerprint density at radius 3 is 2.76 bits per heavy atom. The van der Waals surface area contributed by atoms with Gasteiger partial charge in [0.15, 0.2) is 5.82 Å². The number of hydrogen-bond donors (Lipinski definition) is 2. The molecule has 10 heteroatoms. The molecule has 9 nitrogen and oxygen atoms in total. The number of furan rings is 1. The van der Waals surface area contributed by atoms with E-state index in [1.165, 1.54) is 16.9 Å². The maximum absolute atomic E-state index is 13.1. The van der Waals surface area contributed by atoms with Crippen LogP contribution in [0.15, 0.2) is 56.7 Å².